The third-order valence-corrected chi connectivity index (χ3v) is 5.82. The molecule has 1 aliphatic rings. The molecular weight excluding hydrogens is 380 g/mol. The number of nitrogens with zero attached hydrogens (tertiary/aromatic N) is 2. The van der Waals surface area contributed by atoms with Crippen LogP contribution in [0.3, 0.4) is 0 Å². The molecule has 0 aliphatic carbocycles. The molecule has 6 heteroatoms. The molecule has 0 radical (unpaired) electrons. The Labute approximate surface area is 179 Å². The van der Waals surface area contributed by atoms with Gasteiger partial charge in [0, 0.05) is 37.6 Å². The number of carbonyl (C=O) groups is 2. The van der Waals surface area contributed by atoms with Gasteiger partial charge in [0.2, 0.25) is 0 Å². The van der Waals surface area contributed by atoms with Gasteiger partial charge in [-0.3, -0.25) is 4.79 Å². The highest BCUT2D eigenvalue weighted by Gasteiger charge is 2.30. The van der Waals surface area contributed by atoms with Crippen molar-refractivity contribution in [2.24, 2.45) is 5.92 Å². The maximum atomic E-state index is 13.2. The van der Waals surface area contributed by atoms with E-state index >= 15 is 0 Å². The summed E-state index contributed by atoms with van der Waals surface area (Å²) in [7, 11) is 1.77. The third kappa shape index (κ3) is 4.63. The first-order valence-electron chi connectivity index (χ1n) is 10.7. The van der Waals surface area contributed by atoms with E-state index in [0.717, 1.165) is 40.5 Å². The Morgan fingerprint density at radius 3 is 2.30 bits per heavy atom. The van der Waals surface area contributed by atoms with E-state index in [0.29, 0.717) is 31.3 Å². The number of ether oxygens (including phenoxy) is 1. The van der Waals surface area contributed by atoms with Gasteiger partial charge in [-0.05, 0) is 71.4 Å². The molecule has 6 nitrogen and oxygen atoms in total. The minimum atomic E-state index is -0.498. The molecule has 1 aromatic heterocycles. The molecule has 2 amide bonds. The molecule has 0 atom stereocenters. The third-order valence-electron chi connectivity index (χ3n) is 5.82. The second-order valence-electron chi connectivity index (χ2n) is 9.56. The van der Waals surface area contributed by atoms with Crippen LogP contribution in [0.1, 0.15) is 60.9 Å². The number of piperidine rings is 1. The smallest absolute Gasteiger partial charge is 0.410 e. The van der Waals surface area contributed by atoms with Crippen molar-refractivity contribution in [3.05, 3.63) is 34.6 Å². The van der Waals surface area contributed by atoms with Crippen LogP contribution in [-0.4, -0.2) is 54.1 Å². The highest BCUT2D eigenvalue weighted by molar-refractivity contribution is 6.00. The number of carbonyl (C=O) groups excluding carboxylic acids is 2. The highest BCUT2D eigenvalue weighted by Crippen LogP contribution is 2.32. The van der Waals surface area contributed by atoms with E-state index in [2.05, 4.69) is 6.07 Å². The number of fused-ring (bicyclic) bond motifs is 1. The maximum Gasteiger partial charge on any atom is 0.410 e. The molecule has 0 spiro atoms. The number of likely N-dealkylation sites (tertiary alicyclic amines) is 1. The average molecular weight is 415 g/mol. The Balaban J connectivity index is 1.63. The minimum absolute atomic E-state index is 0.0403. The van der Waals surface area contributed by atoms with Gasteiger partial charge in [0.1, 0.15) is 11.2 Å². The second-order valence-corrected chi connectivity index (χ2v) is 9.56. The lowest BCUT2D eigenvalue weighted by atomic mass is 9.96. The molecule has 2 heterocycles. The van der Waals surface area contributed by atoms with Gasteiger partial charge in [0.15, 0.2) is 5.76 Å². The summed E-state index contributed by atoms with van der Waals surface area (Å²) in [5, 5.41) is 1.05. The topological polar surface area (TPSA) is 63.0 Å². The Kier molecular flexibility index (Phi) is 6.16. The molecule has 1 fully saturated rings. The molecule has 1 aliphatic heterocycles. The zero-order chi connectivity index (χ0) is 22.2. The SMILES string of the molecule is Cc1ccc(C)c2c(C)c(C(=O)N3CCC(CN(C)C(=O)OC(C)(C)C)CC3)oc12. The van der Waals surface area contributed by atoms with Crippen LogP contribution >= 0.6 is 0 Å². The summed E-state index contributed by atoms with van der Waals surface area (Å²) in [6, 6.07) is 4.10. The summed E-state index contributed by atoms with van der Waals surface area (Å²) in [6.07, 6.45) is 1.41. The number of rotatable bonds is 3. The van der Waals surface area contributed by atoms with Crippen LogP contribution in [0.2, 0.25) is 0 Å². The molecule has 0 unspecified atom stereocenters. The van der Waals surface area contributed by atoms with Gasteiger partial charge in [-0.25, -0.2) is 4.79 Å². The van der Waals surface area contributed by atoms with Crippen LogP contribution in [0.15, 0.2) is 16.5 Å². The number of hydrogen-bond acceptors (Lipinski definition) is 4. The van der Waals surface area contributed by atoms with Gasteiger partial charge in [-0.1, -0.05) is 12.1 Å². The van der Waals surface area contributed by atoms with E-state index in [4.69, 9.17) is 9.15 Å². The lowest BCUT2D eigenvalue weighted by Crippen LogP contribution is -2.43. The summed E-state index contributed by atoms with van der Waals surface area (Å²) in [4.78, 5) is 28.9. The van der Waals surface area contributed by atoms with Gasteiger partial charge in [-0.15, -0.1) is 0 Å². The van der Waals surface area contributed by atoms with E-state index in [1.54, 1.807) is 11.9 Å². The Hall–Kier alpha value is -2.50. The normalized spacial score (nSPS) is 15.5. The van der Waals surface area contributed by atoms with Crippen molar-refractivity contribution in [3.63, 3.8) is 0 Å². The van der Waals surface area contributed by atoms with Crippen molar-refractivity contribution in [3.8, 4) is 0 Å². The molecular formula is C24H34N2O4. The van der Waals surface area contributed by atoms with Crippen LogP contribution in [0.4, 0.5) is 4.79 Å². The van der Waals surface area contributed by atoms with Crippen molar-refractivity contribution in [2.45, 2.75) is 60.0 Å². The highest BCUT2D eigenvalue weighted by atomic mass is 16.6. The maximum absolute atomic E-state index is 13.2. The Bertz CT molecular complexity index is 946. The number of amides is 2. The summed E-state index contributed by atoms with van der Waals surface area (Å²) in [5.74, 6) is 0.765. The fourth-order valence-corrected chi connectivity index (χ4v) is 4.14. The zero-order valence-corrected chi connectivity index (χ0v) is 19.3. The lowest BCUT2D eigenvalue weighted by Gasteiger charge is -2.34. The quantitative estimate of drug-likeness (QED) is 0.703. The predicted octanol–water partition coefficient (Wildman–Crippen LogP) is 5.08. The number of aryl methyl sites for hydroxylation is 3. The van der Waals surface area contributed by atoms with Gasteiger partial charge >= 0.3 is 6.09 Å². The first-order chi connectivity index (χ1) is 14.0. The summed E-state index contributed by atoms with van der Waals surface area (Å²) >= 11 is 0. The fourth-order valence-electron chi connectivity index (χ4n) is 4.14. The molecule has 164 valence electrons. The Morgan fingerprint density at radius 1 is 1.13 bits per heavy atom. The van der Waals surface area contributed by atoms with Crippen LogP contribution in [0.5, 0.6) is 0 Å². The van der Waals surface area contributed by atoms with Gasteiger partial charge < -0.3 is 19.0 Å². The molecule has 30 heavy (non-hydrogen) atoms. The van der Waals surface area contributed by atoms with Crippen molar-refractivity contribution < 1.29 is 18.7 Å². The first-order valence-corrected chi connectivity index (χ1v) is 10.7. The Morgan fingerprint density at radius 2 is 1.73 bits per heavy atom. The molecule has 0 bridgehead atoms. The summed E-state index contributed by atoms with van der Waals surface area (Å²) in [6.45, 7) is 13.6. The monoisotopic (exact) mass is 414 g/mol. The van der Waals surface area contributed by atoms with Crippen LogP contribution in [0, 0.1) is 26.7 Å². The minimum Gasteiger partial charge on any atom is -0.450 e. The standard InChI is InChI=1S/C24H34N2O4/c1-15-8-9-16(2)20-19(15)17(3)21(29-20)22(27)26-12-10-18(11-13-26)14-25(7)23(28)30-24(4,5)6/h8-9,18H,10-14H2,1-7H3. The summed E-state index contributed by atoms with van der Waals surface area (Å²) in [5.41, 5.74) is 3.40. The van der Waals surface area contributed by atoms with Crippen molar-refractivity contribution in [2.75, 3.05) is 26.7 Å². The fraction of sp³-hybridized carbons (Fsp3) is 0.583. The van der Waals surface area contributed by atoms with E-state index in [-0.39, 0.29) is 12.0 Å². The molecule has 2 aromatic rings. The predicted molar refractivity (Wildman–Crippen MR) is 118 cm³/mol. The van der Waals surface area contributed by atoms with Crippen molar-refractivity contribution in [1.82, 2.24) is 9.80 Å². The van der Waals surface area contributed by atoms with Gasteiger partial charge in [-0.2, -0.15) is 0 Å². The van der Waals surface area contributed by atoms with Crippen LogP contribution in [-0.2, 0) is 4.74 Å². The van der Waals surface area contributed by atoms with E-state index in [1.807, 2.05) is 52.5 Å². The van der Waals surface area contributed by atoms with Crippen LogP contribution in [0.25, 0.3) is 11.0 Å². The first kappa shape index (κ1) is 22.2. The molecule has 0 N–H and O–H groups in total. The number of benzene rings is 1. The molecule has 3 rings (SSSR count). The molecule has 1 aromatic carbocycles. The number of furan rings is 1. The lowest BCUT2D eigenvalue weighted by molar-refractivity contribution is 0.0245. The van der Waals surface area contributed by atoms with Gasteiger partial charge in [0.25, 0.3) is 5.91 Å². The van der Waals surface area contributed by atoms with Gasteiger partial charge in [0.05, 0.1) is 0 Å². The van der Waals surface area contributed by atoms with Crippen molar-refractivity contribution in [1.29, 1.82) is 0 Å². The van der Waals surface area contributed by atoms with E-state index in [9.17, 15) is 9.59 Å². The molecule has 0 saturated carbocycles. The van der Waals surface area contributed by atoms with Crippen molar-refractivity contribution >= 4 is 23.0 Å². The van der Waals surface area contributed by atoms with Crippen LogP contribution < -0.4 is 0 Å². The largest absolute Gasteiger partial charge is 0.450 e. The van der Waals surface area contributed by atoms with E-state index in [1.165, 1.54) is 0 Å². The average Bonchev–Trinajstić information content (AvgIpc) is 3.02. The number of hydrogen-bond donors (Lipinski definition) is 0. The second kappa shape index (κ2) is 8.32. The zero-order valence-electron chi connectivity index (χ0n) is 19.3. The molecule has 1 saturated heterocycles. The van der Waals surface area contributed by atoms with E-state index < -0.39 is 5.60 Å². The summed E-state index contributed by atoms with van der Waals surface area (Å²) < 4.78 is 11.5.